The van der Waals surface area contributed by atoms with Gasteiger partial charge in [0.05, 0.1) is 18.8 Å². The summed E-state index contributed by atoms with van der Waals surface area (Å²) in [5, 5.41) is 30.6. The largest absolute Gasteiger partial charge is 0.394 e. The minimum absolute atomic E-state index is 0.196. The molecular weight excluding hydrogens is 367 g/mol. The number of hydrogen-bond acceptors (Lipinski definition) is 5. The maximum absolute atomic E-state index is 13.4. The van der Waals surface area contributed by atoms with Gasteiger partial charge in [-0.05, 0) is 40.8 Å². The molecule has 142 valence electrons. The summed E-state index contributed by atoms with van der Waals surface area (Å²) in [5.74, 6) is -0.241. The van der Waals surface area contributed by atoms with Gasteiger partial charge in [0.25, 0.3) is 0 Å². The second kappa shape index (κ2) is 7.66. The van der Waals surface area contributed by atoms with Crippen molar-refractivity contribution in [3.8, 4) is 0 Å². The Kier molecular flexibility index (Phi) is 5.25. The summed E-state index contributed by atoms with van der Waals surface area (Å²) >= 11 is 1.63. The molecule has 1 aliphatic heterocycles. The van der Waals surface area contributed by atoms with E-state index < -0.39 is 24.4 Å². The SMILES string of the molecule is OCC1CC(O)C(O)C(c2cccc(Cc3cc4cc(F)ccc4s3)c2)O1. The molecule has 1 saturated heterocycles. The third kappa shape index (κ3) is 3.90. The summed E-state index contributed by atoms with van der Waals surface area (Å²) in [4.78, 5) is 1.12. The number of ether oxygens (including phenoxy) is 1. The Balaban J connectivity index is 1.58. The van der Waals surface area contributed by atoms with Crippen LogP contribution in [0, 0.1) is 5.82 Å². The zero-order valence-corrected chi connectivity index (χ0v) is 15.4. The van der Waals surface area contributed by atoms with Crippen molar-refractivity contribution in [3.05, 3.63) is 70.4 Å². The minimum atomic E-state index is -1.03. The number of rotatable bonds is 4. The van der Waals surface area contributed by atoms with Crippen molar-refractivity contribution in [2.45, 2.75) is 37.3 Å². The minimum Gasteiger partial charge on any atom is -0.394 e. The number of hydrogen-bond donors (Lipinski definition) is 3. The third-order valence-corrected chi connectivity index (χ3v) is 6.05. The molecule has 1 fully saturated rings. The molecule has 0 amide bonds. The molecular formula is C21H21FO4S. The first kappa shape index (κ1) is 18.5. The van der Waals surface area contributed by atoms with E-state index in [9.17, 15) is 19.7 Å². The Bertz CT molecular complexity index is 941. The van der Waals surface area contributed by atoms with Crippen LogP contribution in [0.1, 0.15) is 28.5 Å². The molecule has 1 aliphatic rings. The predicted molar refractivity (Wildman–Crippen MR) is 102 cm³/mol. The lowest BCUT2D eigenvalue weighted by atomic mass is 9.92. The van der Waals surface area contributed by atoms with Crippen molar-refractivity contribution in [3.63, 3.8) is 0 Å². The third-order valence-electron chi connectivity index (χ3n) is 4.94. The van der Waals surface area contributed by atoms with E-state index in [1.165, 1.54) is 12.1 Å². The highest BCUT2D eigenvalue weighted by Crippen LogP contribution is 2.33. The number of aliphatic hydroxyl groups excluding tert-OH is 3. The molecule has 4 unspecified atom stereocenters. The lowest BCUT2D eigenvalue weighted by Crippen LogP contribution is -2.44. The summed E-state index contributed by atoms with van der Waals surface area (Å²) in [6.45, 7) is -0.196. The molecule has 27 heavy (non-hydrogen) atoms. The molecule has 2 aromatic carbocycles. The topological polar surface area (TPSA) is 69.9 Å². The molecule has 0 radical (unpaired) electrons. The first-order chi connectivity index (χ1) is 13.0. The molecule has 4 rings (SSSR count). The van der Waals surface area contributed by atoms with Crippen LogP contribution in [-0.2, 0) is 11.2 Å². The maximum Gasteiger partial charge on any atom is 0.123 e. The van der Waals surface area contributed by atoms with E-state index in [1.54, 1.807) is 17.4 Å². The molecule has 4 atom stereocenters. The zero-order valence-electron chi connectivity index (χ0n) is 14.6. The van der Waals surface area contributed by atoms with E-state index in [1.807, 2.05) is 30.3 Å². The molecule has 0 bridgehead atoms. The molecule has 6 heteroatoms. The number of halogens is 1. The number of thiophene rings is 1. The van der Waals surface area contributed by atoms with Gasteiger partial charge < -0.3 is 20.1 Å². The first-order valence-corrected chi connectivity index (χ1v) is 9.74. The highest BCUT2D eigenvalue weighted by Gasteiger charge is 2.37. The Morgan fingerprint density at radius 3 is 2.78 bits per heavy atom. The molecule has 3 N–H and O–H groups in total. The van der Waals surface area contributed by atoms with E-state index in [0.717, 1.165) is 26.1 Å². The summed E-state index contributed by atoms with van der Waals surface area (Å²) in [7, 11) is 0. The van der Waals surface area contributed by atoms with Crippen LogP contribution in [-0.4, -0.2) is 40.2 Å². The number of benzene rings is 2. The van der Waals surface area contributed by atoms with E-state index in [4.69, 9.17) is 4.74 Å². The number of aliphatic hydroxyl groups is 3. The fourth-order valence-electron chi connectivity index (χ4n) is 3.58. The zero-order chi connectivity index (χ0) is 19.0. The second-order valence-electron chi connectivity index (χ2n) is 6.97. The molecule has 3 aromatic rings. The second-order valence-corrected chi connectivity index (χ2v) is 8.14. The molecule has 0 spiro atoms. The van der Waals surface area contributed by atoms with Gasteiger partial charge in [-0.3, -0.25) is 0 Å². The number of fused-ring (bicyclic) bond motifs is 1. The van der Waals surface area contributed by atoms with Crippen LogP contribution in [0.2, 0.25) is 0 Å². The maximum atomic E-state index is 13.4. The fraction of sp³-hybridized carbons (Fsp3) is 0.333. The summed E-state index contributed by atoms with van der Waals surface area (Å²) in [6, 6.07) is 14.5. The average molecular weight is 388 g/mol. The van der Waals surface area contributed by atoms with E-state index >= 15 is 0 Å². The van der Waals surface area contributed by atoms with Gasteiger partial charge in [-0.15, -0.1) is 11.3 Å². The quantitative estimate of drug-likeness (QED) is 0.642. The van der Waals surface area contributed by atoms with Gasteiger partial charge in [0, 0.05) is 22.4 Å². The van der Waals surface area contributed by atoms with Crippen LogP contribution >= 0.6 is 11.3 Å². The Morgan fingerprint density at radius 2 is 1.96 bits per heavy atom. The van der Waals surface area contributed by atoms with E-state index in [0.29, 0.717) is 6.42 Å². The van der Waals surface area contributed by atoms with Crippen LogP contribution in [0.4, 0.5) is 4.39 Å². The van der Waals surface area contributed by atoms with Crippen molar-refractivity contribution in [2.24, 2.45) is 0 Å². The van der Waals surface area contributed by atoms with Crippen LogP contribution in [0.15, 0.2) is 48.5 Å². The summed E-state index contributed by atoms with van der Waals surface area (Å²) in [6.07, 6.45) is -2.23. The van der Waals surface area contributed by atoms with Gasteiger partial charge in [-0.25, -0.2) is 4.39 Å². The van der Waals surface area contributed by atoms with Crippen molar-refractivity contribution in [2.75, 3.05) is 6.61 Å². The highest BCUT2D eigenvalue weighted by molar-refractivity contribution is 7.19. The molecule has 0 aliphatic carbocycles. The Labute approximate surface area is 160 Å². The average Bonchev–Trinajstić information content (AvgIpc) is 3.05. The molecule has 1 aromatic heterocycles. The van der Waals surface area contributed by atoms with Gasteiger partial charge >= 0.3 is 0 Å². The van der Waals surface area contributed by atoms with Crippen LogP contribution in [0.25, 0.3) is 10.1 Å². The normalized spacial score (nSPS) is 25.8. The predicted octanol–water partition coefficient (Wildman–Crippen LogP) is 3.18. The van der Waals surface area contributed by atoms with Gasteiger partial charge in [0.1, 0.15) is 18.0 Å². The summed E-state index contributed by atoms with van der Waals surface area (Å²) < 4.78 is 20.2. The van der Waals surface area contributed by atoms with E-state index in [2.05, 4.69) is 0 Å². The molecule has 0 saturated carbocycles. The smallest absolute Gasteiger partial charge is 0.123 e. The fourth-order valence-corrected chi connectivity index (χ4v) is 4.66. The van der Waals surface area contributed by atoms with E-state index in [-0.39, 0.29) is 18.8 Å². The van der Waals surface area contributed by atoms with Crippen molar-refractivity contribution >= 4 is 21.4 Å². The van der Waals surface area contributed by atoms with Crippen molar-refractivity contribution in [1.29, 1.82) is 0 Å². The molecule has 2 heterocycles. The van der Waals surface area contributed by atoms with Gasteiger partial charge in [0.2, 0.25) is 0 Å². The van der Waals surface area contributed by atoms with Gasteiger partial charge in [-0.1, -0.05) is 24.3 Å². The highest BCUT2D eigenvalue weighted by atomic mass is 32.1. The van der Waals surface area contributed by atoms with Crippen molar-refractivity contribution in [1.82, 2.24) is 0 Å². The summed E-state index contributed by atoms with van der Waals surface area (Å²) in [5.41, 5.74) is 1.81. The van der Waals surface area contributed by atoms with Gasteiger partial charge in [0.15, 0.2) is 0 Å². The van der Waals surface area contributed by atoms with Crippen LogP contribution in [0.3, 0.4) is 0 Å². The van der Waals surface area contributed by atoms with Crippen LogP contribution < -0.4 is 0 Å². The lowest BCUT2D eigenvalue weighted by Gasteiger charge is -2.37. The first-order valence-electron chi connectivity index (χ1n) is 8.93. The Morgan fingerprint density at radius 1 is 1.11 bits per heavy atom. The Hall–Kier alpha value is -1.83. The standard InChI is InChI=1S/C21H21FO4S/c22-15-4-5-19-14(8-15)9-17(27-19)7-12-2-1-3-13(6-12)21-20(25)18(24)10-16(11-23)26-21/h1-6,8-9,16,18,20-21,23-25H,7,10-11H2. The van der Waals surface area contributed by atoms with Gasteiger partial charge in [-0.2, -0.15) is 0 Å². The van der Waals surface area contributed by atoms with Crippen LogP contribution in [0.5, 0.6) is 0 Å². The molecule has 4 nitrogen and oxygen atoms in total. The monoisotopic (exact) mass is 388 g/mol. The van der Waals surface area contributed by atoms with Crippen molar-refractivity contribution < 1.29 is 24.4 Å². The lowest BCUT2D eigenvalue weighted by molar-refractivity contribution is -0.179.